The normalized spacial score (nSPS) is 10.2. The van der Waals surface area contributed by atoms with Crippen molar-refractivity contribution in [1.82, 2.24) is 0 Å². The monoisotopic (exact) mass is 225 g/mol. The molecule has 0 spiro atoms. The van der Waals surface area contributed by atoms with Gasteiger partial charge in [-0.1, -0.05) is 29.8 Å². The summed E-state index contributed by atoms with van der Waals surface area (Å²) in [5.41, 5.74) is 9.80. The van der Waals surface area contributed by atoms with E-state index in [9.17, 15) is 4.79 Å². The molecule has 0 aliphatic heterocycles. The highest BCUT2D eigenvalue weighted by molar-refractivity contribution is 6.12. The summed E-state index contributed by atoms with van der Waals surface area (Å²) in [5, 5.41) is 0. The summed E-state index contributed by atoms with van der Waals surface area (Å²) in [6.45, 7) is 3.92. The molecule has 0 amide bonds. The maximum Gasteiger partial charge on any atom is 0.195 e. The van der Waals surface area contributed by atoms with E-state index in [1.807, 2.05) is 50.2 Å². The van der Waals surface area contributed by atoms with Crippen LogP contribution in [0.1, 0.15) is 27.0 Å². The predicted octanol–water partition coefficient (Wildman–Crippen LogP) is 3.12. The zero-order valence-electron chi connectivity index (χ0n) is 10.0. The second kappa shape index (κ2) is 4.42. The molecule has 0 aromatic heterocycles. The first-order chi connectivity index (χ1) is 8.08. The van der Waals surface area contributed by atoms with Crippen LogP contribution in [-0.4, -0.2) is 5.78 Å². The Labute approximate surface area is 101 Å². The summed E-state index contributed by atoms with van der Waals surface area (Å²) in [4.78, 5) is 12.3. The van der Waals surface area contributed by atoms with E-state index in [2.05, 4.69) is 0 Å². The summed E-state index contributed by atoms with van der Waals surface area (Å²) in [5.74, 6) is -0.0220. The first-order valence-electron chi connectivity index (χ1n) is 5.55. The average molecular weight is 225 g/mol. The number of hydrogen-bond donors (Lipinski definition) is 1. The highest BCUT2D eigenvalue weighted by atomic mass is 16.1. The number of ketones is 1. The van der Waals surface area contributed by atoms with E-state index in [-0.39, 0.29) is 5.78 Å². The van der Waals surface area contributed by atoms with Crippen molar-refractivity contribution < 1.29 is 4.79 Å². The summed E-state index contributed by atoms with van der Waals surface area (Å²) in [7, 11) is 0. The average Bonchev–Trinajstić information content (AvgIpc) is 2.28. The van der Waals surface area contributed by atoms with Crippen LogP contribution in [-0.2, 0) is 0 Å². The second-order valence-corrected chi connectivity index (χ2v) is 4.29. The number of benzene rings is 2. The molecular weight excluding hydrogens is 210 g/mol. The third-order valence-electron chi connectivity index (χ3n) is 2.73. The van der Waals surface area contributed by atoms with Crippen LogP contribution in [0.25, 0.3) is 0 Å². The number of aryl methyl sites for hydroxylation is 2. The molecule has 0 saturated heterocycles. The van der Waals surface area contributed by atoms with Crippen LogP contribution in [0, 0.1) is 13.8 Å². The Morgan fingerprint density at radius 1 is 1.00 bits per heavy atom. The molecule has 2 nitrogen and oxygen atoms in total. The van der Waals surface area contributed by atoms with Gasteiger partial charge < -0.3 is 5.73 Å². The van der Waals surface area contributed by atoms with Crippen molar-refractivity contribution in [3.05, 3.63) is 64.7 Å². The molecule has 17 heavy (non-hydrogen) atoms. The van der Waals surface area contributed by atoms with Gasteiger partial charge in [0.05, 0.1) is 0 Å². The number of nitrogens with two attached hydrogens (primary N) is 1. The summed E-state index contributed by atoms with van der Waals surface area (Å²) in [6, 6.07) is 13.1. The molecule has 0 unspecified atom stereocenters. The lowest BCUT2D eigenvalue weighted by molar-refractivity contribution is 0.103. The van der Waals surface area contributed by atoms with Crippen LogP contribution in [0.3, 0.4) is 0 Å². The van der Waals surface area contributed by atoms with Gasteiger partial charge in [-0.25, -0.2) is 0 Å². The molecule has 2 rings (SSSR count). The van der Waals surface area contributed by atoms with Gasteiger partial charge >= 0.3 is 0 Å². The Bertz CT molecular complexity index is 573. The second-order valence-electron chi connectivity index (χ2n) is 4.29. The van der Waals surface area contributed by atoms with E-state index in [0.717, 1.165) is 11.1 Å². The number of anilines is 1. The number of carbonyl (C=O) groups is 1. The SMILES string of the molecule is Cc1cccc(C(=O)c2ccc(C)cc2N)c1. The topological polar surface area (TPSA) is 43.1 Å². The lowest BCUT2D eigenvalue weighted by atomic mass is 9.99. The van der Waals surface area contributed by atoms with Gasteiger partial charge in [-0.3, -0.25) is 4.79 Å². The lowest BCUT2D eigenvalue weighted by Crippen LogP contribution is -2.05. The van der Waals surface area contributed by atoms with E-state index in [1.165, 1.54) is 0 Å². The molecule has 0 aliphatic rings. The molecule has 2 aromatic carbocycles. The van der Waals surface area contributed by atoms with Gasteiger partial charge in [-0.05, 0) is 37.6 Å². The Morgan fingerprint density at radius 3 is 2.35 bits per heavy atom. The molecule has 0 radical (unpaired) electrons. The lowest BCUT2D eigenvalue weighted by Gasteiger charge is -2.06. The molecule has 2 N–H and O–H groups in total. The Kier molecular flexibility index (Phi) is 2.96. The third kappa shape index (κ3) is 2.36. The molecule has 0 bridgehead atoms. The summed E-state index contributed by atoms with van der Waals surface area (Å²) >= 11 is 0. The molecule has 2 aromatic rings. The summed E-state index contributed by atoms with van der Waals surface area (Å²) < 4.78 is 0. The van der Waals surface area contributed by atoms with Crippen molar-refractivity contribution in [2.24, 2.45) is 0 Å². The fraction of sp³-hybridized carbons (Fsp3) is 0.133. The quantitative estimate of drug-likeness (QED) is 0.630. The Balaban J connectivity index is 2.44. The van der Waals surface area contributed by atoms with Crippen molar-refractivity contribution in [2.45, 2.75) is 13.8 Å². The number of carbonyl (C=O) groups excluding carboxylic acids is 1. The molecule has 0 atom stereocenters. The molecule has 86 valence electrons. The van der Waals surface area contributed by atoms with Crippen LogP contribution in [0.2, 0.25) is 0 Å². The number of nitrogen functional groups attached to an aromatic ring is 1. The van der Waals surface area contributed by atoms with E-state index in [0.29, 0.717) is 16.8 Å². The fourth-order valence-electron chi connectivity index (χ4n) is 1.83. The van der Waals surface area contributed by atoms with Crippen molar-refractivity contribution in [3.63, 3.8) is 0 Å². The number of hydrogen-bond acceptors (Lipinski definition) is 2. The Morgan fingerprint density at radius 2 is 1.71 bits per heavy atom. The highest BCUT2D eigenvalue weighted by Gasteiger charge is 2.11. The Hall–Kier alpha value is -2.09. The zero-order valence-corrected chi connectivity index (χ0v) is 10.0. The predicted molar refractivity (Wildman–Crippen MR) is 70.2 cm³/mol. The third-order valence-corrected chi connectivity index (χ3v) is 2.73. The van der Waals surface area contributed by atoms with Crippen LogP contribution >= 0.6 is 0 Å². The zero-order chi connectivity index (χ0) is 12.4. The van der Waals surface area contributed by atoms with E-state index >= 15 is 0 Å². The number of rotatable bonds is 2. The first kappa shape index (κ1) is 11.4. The molecule has 0 aliphatic carbocycles. The largest absolute Gasteiger partial charge is 0.398 e. The highest BCUT2D eigenvalue weighted by Crippen LogP contribution is 2.18. The minimum Gasteiger partial charge on any atom is -0.398 e. The van der Waals surface area contributed by atoms with Gasteiger partial charge in [0.25, 0.3) is 0 Å². The molecular formula is C15H15NO. The molecule has 0 saturated carbocycles. The molecule has 2 heteroatoms. The first-order valence-corrected chi connectivity index (χ1v) is 5.55. The van der Waals surface area contributed by atoms with Crippen molar-refractivity contribution in [2.75, 3.05) is 5.73 Å². The molecule has 0 fully saturated rings. The van der Waals surface area contributed by atoms with Crippen LogP contribution in [0.15, 0.2) is 42.5 Å². The minimum atomic E-state index is -0.0220. The van der Waals surface area contributed by atoms with Crippen LogP contribution < -0.4 is 5.73 Å². The van der Waals surface area contributed by atoms with Gasteiger partial charge in [-0.15, -0.1) is 0 Å². The maximum atomic E-state index is 12.3. The van der Waals surface area contributed by atoms with E-state index < -0.39 is 0 Å². The van der Waals surface area contributed by atoms with Gasteiger partial charge in [0.1, 0.15) is 0 Å². The van der Waals surface area contributed by atoms with E-state index in [1.54, 1.807) is 6.07 Å². The molecule has 0 heterocycles. The minimum absolute atomic E-state index is 0.0220. The van der Waals surface area contributed by atoms with Crippen molar-refractivity contribution in [3.8, 4) is 0 Å². The fourth-order valence-corrected chi connectivity index (χ4v) is 1.83. The van der Waals surface area contributed by atoms with Crippen LogP contribution in [0.5, 0.6) is 0 Å². The van der Waals surface area contributed by atoms with Gasteiger partial charge in [0, 0.05) is 16.8 Å². The van der Waals surface area contributed by atoms with Crippen LogP contribution in [0.4, 0.5) is 5.69 Å². The maximum absolute atomic E-state index is 12.3. The van der Waals surface area contributed by atoms with Crippen molar-refractivity contribution >= 4 is 11.5 Å². The van der Waals surface area contributed by atoms with Crippen molar-refractivity contribution in [1.29, 1.82) is 0 Å². The summed E-state index contributed by atoms with van der Waals surface area (Å²) in [6.07, 6.45) is 0. The van der Waals surface area contributed by atoms with Gasteiger partial charge in [-0.2, -0.15) is 0 Å². The van der Waals surface area contributed by atoms with E-state index in [4.69, 9.17) is 5.73 Å². The smallest absolute Gasteiger partial charge is 0.195 e. The van der Waals surface area contributed by atoms with Gasteiger partial charge in [0.2, 0.25) is 0 Å². The van der Waals surface area contributed by atoms with Gasteiger partial charge in [0.15, 0.2) is 5.78 Å². The standard InChI is InChI=1S/C15H15NO/c1-10-4-3-5-12(8-10)15(17)13-7-6-11(2)9-14(13)16/h3-9H,16H2,1-2H3.